The molecule has 0 unspecified atom stereocenters. The fourth-order valence-electron chi connectivity index (χ4n) is 2.52. The van der Waals surface area contributed by atoms with Crippen molar-refractivity contribution in [3.05, 3.63) is 52.8 Å². The summed E-state index contributed by atoms with van der Waals surface area (Å²) in [5.41, 5.74) is 3.16. The Labute approximate surface area is 133 Å². The lowest BCUT2D eigenvalue weighted by Gasteiger charge is -2.10. The molecule has 118 valence electrons. The lowest BCUT2D eigenvalue weighted by atomic mass is 10.1. The Morgan fingerprint density at radius 2 is 2.09 bits per heavy atom. The number of benzene rings is 1. The second-order valence-corrected chi connectivity index (χ2v) is 5.25. The van der Waals surface area contributed by atoms with E-state index in [0.29, 0.717) is 34.6 Å². The number of aromatic nitrogens is 2. The third kappa shape index (κ3) is 2.88. The van der Waals surface area contributed by atoms with Crippen molar-refractivity contribution in [3.8, 4) is 5.75 Å². The van der Waals surface area contributed by atoms with E-state index in [1.54, 1.807) is 20.1 Å². The van der Waals surface area contributed by atoms with Crippen molar-refractivity contribution in [1.82, 2.24) is 15.5 Å². The smallest absolute Gasteiger partial charge is 0.258 e. The molecular weight excluding hydrogens is 294 g/mol. The molecule has 1 amide bonds. The van der Waals surface area contributed by atoms with Crippen LogP contribution in [0.25, 0.3) is 11.1 Å². The summed E-state index contributed by atoms with van der Waals surface area (Å²) in [6.07, 6.45) is 0. The van der Waals surface area contributed by atoms with Gasteiger partial charge in [-0.15, -0.1) is 0 Å². The summed E-state index contributed by atoms with van der Waals surface area (Å²) in [6, 6.07) is 9.31. The number of nitrogens with one attached hydrogen (secondary N) is 1. The van der Waals surface area contributed by atoms with Crippen molar-refractivity contribution < 1.29 is 14.1 Å². The molecule has 0 aliphatic carbocycles. The summed E-state index contributed by atoms with van der Waals surface area (Å²) in [5, 5.41) is 7.44. The summed E-state index contributed by atoms with van der Waals surface area (Å²) in [6.45, 7) is 3.98. The molecule has 1 aromatic carbocycles. The second kappa shape index (κ2) is 6.08. The highest BCUT2D eigenvalue weighted by Gasteiger charge is 2.17. The molecule has 3 rings (SSSR count). The van der Waals surface area contributed by atoms with Crippen LogP contribution in [0.1, 0.15) is 27.3 Å². The molecule has 0 fully saturated rings. The molecule has 0 aliphatic heterocycles. The fourth-order valence-corrected chi connectivity index (χ4v) is 2.52. The minimum Gasteiger partial charge on any atom is -0.496 e. The van der Waals surface area contributed by atoms with Gasteiger partial charge in [-0.1, -0.05) is 23.4 Å². The number of para-hydroxylation sites is 1. The monoisotopic (exact) mass is 311 g/mol. The van der Waals surface area contributed by atoms with E-state index in [1.165, 1.54) is 0 Å². The van der Waals surface area contributed by atoms with Crippen molar-refractivity contribution in [1.29, 1.82) is 0 Å². The first-order chi connectivity index (χ1) is 11.1. The van der Waals surface area contributed by atoms with E-state index >= 15 is 0 Å². The second-order valence-electron chi connectivity index (χ2n) is 5.25. The molecule has 3 aromatic rings. The Morgan fingerprint density at radius 3 is 2.87 bits per heavy atom. The topological polar surface area (TPSA) is 77.2 Å². The summed E-state index contributed by atoms with van der Waals surface area (Å²) < 4.78 is 10.5. The quantitative estimate of drug-likeness (QED) is 0.801. The van der Waals surface area contributed by atoms with Gasteiger partial charge in [-0.25, -0.2) is 4.98 Å². The number of carbonyl (C=O) groups is 1. The highest BCUT2D eigenvalue weighted by molar-refractivity contribution is 6.06. The van der Waals surface area contributed by atoms with Crippen molar-refractivity contribution in [3.63, 3.8) is 0 Å². The van der Waals surface area contributed by atoms with Crippen LogP contribution in [-0.2, 0) is 6.54 Å². The number of nitrogens with zero attached hydrogens (tertiary/aromatic N) is 2. The maximum absolute atomic E-state index is 12.6. The van der Waals surface area contributed by atoms with Gasteiger partial charge in [0.05, 0.1) is 23.8 Å². The fraction of sp³-hybridized carbons (Fsp3) is 0.235. The molecule has 2 heterocycles. The number of aryl methyl sites for hydroxylation is 2. The van der Waals surface area contributed by atoms with Gasteiger partial charge < -0.3 is 14.6 Å². The zero-order valence-corrected chi connectivity index (χ0v) is 13.2. The molecule has 23 heavy (non-hydrogen) atoms. The van der Waals surface area contributed by atoms with E-state index in [-0.39, 0.29) is 5.91 Å². The van der Waals surface area contributed by atoms with Crippen LogP contribution in [0, 0.1) is 13.8 Å². The largest absolute Gasteiger partial charge is 0.496 e. The van der Waals surface area contributed by atoms with Crippen LogP contribution in [0.3, 0.4) is 0 Å². The number of rotatable bonds is 4. The lowest BCUT2D eigenvalue weighted by molar-refractivity contribution is 0.0952. The van der Waals surface area contributed by atoms with Gasteiger partial charge in [0.2, 0.25) is 0 Å². The van der Waals surface area contributed by atoms with Crippen molar-refractivity contribution in [2.45, 2.75) is 20.4 Å². The van der Waals surface area contributed by atoms with Gasteiger partial charge in [0.25, 0.3) is 11.6 Å². The molecule has 2 aromatic heterocycles. The summed E-state index contributed by atoms with van der Waals surface area (Å²) in [7, 11) is 1.61. The maximum atomic E-state index is 12.6. The van der Waals surface area contributed by atoms with E-state index in [4.69, 9.17) is 9.26 Å². The highest BCUT2D eigenvalue weighted by atomic mass is 16.5. The normalized spacial score (nSPS) is 10.7. The third-order valence-electron chi connectivity index (χ3n) is 3.62. The van der Waals surface area contributed by atoms with E-state index in [2.05, 4.69) is 15.5 Å². The SMILES string of the molecule is COc1ccccc1CNC(=O)c1cc(C)nc2onc(C)c12. The Hall–Kier alpha value is -2.89. The van der Waals surface area contributed by atoms with Crippen LogP contribution in [-0.4, -0.2) is 23.2 Å². The molecule has 6 heteroatoms. The number of pyridine rings is 1. The minimum atomic E-state index is -0.197. The number of ether oxygens (including phenoxy) is 1. The van der Waals surface area contributed by atoms with E-state index < -0.39 is 0 Å². The molecule has 0 aliphatic rings. The van der Waals surface area contributed by atoms with Gasteiger partial charge >= 0.3 is 0 Å². The van der Waals surface area contributed by atoms with Gasteiger partial charge in [-0.2, -0.15) is 0 Å². The first-order valence-electron chi connectivity index (χ1n) is 7.24. The van der Waals surface area contributed by atoms with Crippen LogP contribution in [0.5, 0.6) is 5.75 Å². The predicted molar refractivity (Wildman–Crippen MR) is 85.4 cm³/mol. The molecule has 0 radical (unpaired) electrons. The Kier molecular flexibility index (Phi) is 3.97. The number of amides is 1. The molecular formula is C17H17N3O3. The molecule has 0 saturated carbocycles. The van der Waals surface area contributed by atoms with Gasteiger partial charge in [0, 0.05) is 17.8 Å². The van der Waals surface area contributed by atoms with Crippen LogP contribution in [0.2, 0.25) is 0 Å². The van der Waals surface area contributed by atoms with Crippen LogP contribution >= 0.6 is 0 Å². The Balaban J connectivity index is 1.88. The first-order valence-corrected chi connectivity index (χ1v) is 7.24. The Morgan fingerprint density at radius 1 is 1.30 bits per heavy atom. The van der Waals surface area contributed by atoms with Gasteiger partial charge in [-0.05, 0) is 26.0 Å². The molecule has 0 bridgehead atoms. The molecule has 0 saturated heterocycles. The van der Waals surface area contributed by atoms with Crippen LogP contribution in [0.15, 0.2) is 34.9 Å². The van der Waals surface area contributed by atoms with E-state index in [1.807, 2.05) is 31.2 Å². The van der Waals surface area contributed by atoms with Crippen molar-refractivity contribution in [2.24, 2.45) is 0 Å². The number of carbonyl (C=O) groups excluding carboxylic acids is 1. The van der Waals surface area contributed by atoms with Crippen molar-refractivity contribution in [2.75, 3.05) is 7.11 Å². The molecule has 1 N–H and O–H groups in total. The zero-order valence-electron chi connectivity index (χ0n) is 13.2. The Bertz CT molecular complexity index is 871. The third-order valence-corrected chi connectivity index (χ3v) is 3.62. The van der Waals surface area contributed by atoms with E-state index in [0.717, 1.165) is 11.3 Å². The van der Waals surface area contributed by atoms with Crippen LogP contribution in [0.4, 0.5) is 0 Å². The predicted octanol–water partition coefficient (Wildman–Crippen LogP) is 2.78. The lowest BCUT2D eigenvalue weighted by Crippen LogP contribution is -2.23. The van der Waals surface area contributed by atoms with Crippen molar-refractivity contribution >= 4 is 17.0 Å². The summed E-state index contributed by atoms with van der Waals surface area (Å²) >= 11 is 0. The average molecular weight is 311 g/mol. The van der Waals surface area contributed by atoms with Gasteiger partial charge in [0.1, 0.15) is 5.75 Å². The van der Waals surface area contributed by atoms with Gasteiger partial charge in [0.15, 0.2) is 0 Å². The number of methoxy groups -OCH3 is 1. The maximum Gasteiger partial charge on any atom is 0.258 e. The van der Waals surface area contributed by atoms with Crippen LogP contribution < -0.4 is 10.1 Å². The molecule has 0 atom stereocenters. The zero-order chi connectivity index (χ0) is 16.4. The highest BCUT2D eigenvalue weighted by Crippen LogP contribution is 2.22. The first kappa shape index (κ1) is 15.0. The summed E-state index contributed by atoms with van der Waals surface area (Å²) in [5.74, 6) is 0.544. The number of fused-ring (bicyclic) bond motifs is 1. The van der Waals surface area contributed by atoms with E-state index in [9.17, 15) is 4.79 Å². The average Bonchev–Trinajstić information content (AvgIpc) is 2.93. The minimum absolute atomic E-state index is 0.197. The standard InChI is InChI=1S/C17H17N3O3/c1-10-8-13(15-11(2)20-23-17(15)19-10)16(21)18-9-12-6-4-5-7-14(12)22-3/h4-8H,9H2,1-3H3,(H,18,21). The number of hydrogen-bond acceptors (Lipinski definition) is 5. The molecule has 0 spiro atoms. The number of hydrogen-bond donors (Lipinski definition) is 1. The summed E-state index contributed by atoms with van der Waals surface area (Å²) in [4.78, 5) is 16.8. The van der Waals surface area contributed by atoms with Gasteiger partial charge in [-0.3, -0.25) is 4.79 Å². The molecule has 6 nitrogen and oxygen atoms in total.